The van der Waals surface area contributed by atoms with E-state index < -0.39 is 18.0 Å². The van der Waals surface area contributed by atoms with Crippen molar-refractivity contribution in [3.63, 3.8) is 0 Å². The normalized spacial score (nSPS) is 11.5. The molecule has 0 aliphatic rings. The zero-order chi connectivity index (χ0) is 19.8. The van der Waals surface area contributed by atoms with Crippen LogP contribution in [0.2, 0.25) is 0 Å². The molecule has 0 saturated heterocycles. The summed E-state index contributed by atoms with van der Waals surface area (Å²) < 4.78 is 0. The number of hydrogen-bond donors (Lipinski definition) is 4. The van der Waals surface area contributed by atoms with Crippen LogP contribution in [0, 0.1) is 0 Å². The maximum Gasteiger partial charge on any atom is 0.339 e. The van der Waals surface area contributed by atoms with Crippen molar-refractivity contribution in [3.05, 3.63) is 108 Å². The Hall–Kier alpha value is -3.64. The van der Waals surface area contributed by atoms with Crippen molar-refractivity contribution < 1.29 is 14.8 Å². The van der Waals surface area contributed by atoms with E-state index in [9.17, 15) is 9.59 Å². The van der Waals surface area contributed by atoms with Crippen molar-refractivity contribution in [3.8, 4) is 0 Å². The Kier molecular flexibility index (Phi) is 6.38. The molecular weight excluding hydrogens is 354 g/mol. The van der Waals surface area contributed by atoms with Crippen LogP contribution in [-0.2, 0) is 4.79 Å². The third-order valence-electron chi connectivity index (χ3n) is 4.32. The molecule has 3 amide bonds. The highest BCUT2D eigenvalue weighted by molar-refractivity contribution is 5.88. The second-order valence-electron chi connectivity index (χ2n) is 6.19. The standard InChI is InChI=1S/C22H21N3O3/c26-21(20(24-22(27)25-28)18-14-8-3-9-15-18)23-19(16-10-4-1-5-11-16)17-12-6-2-7-13-17/h1-15,19-20,28H,(H,23,26)(H2,24,25,27)/t20-/m1/s1. The molecule has 6 heteroatoms. The Labute approximate surface area is 163 Å². The van der Waals surface area contributed by atoms with Gasteiger partial charge in [-0.2, -0.15) is 0 Å². The predicted molar refractivity (Wildman–Crippen MR) is 106 cm³/mol. The van der Waals surface area contributed by atoms with Crippen LogP contribution in [0.1, 0.15) is 28.8 Å². The Morgan fingerprint density at radius 2 is 1.07 bits per heavy atom. The first-order chi connectivity index (χ1) is 13.7. The van der Waals surface area contributed by atoms with E-state index in [1.54, 1.807) is 24.3 Å². The molecule has 0 unspecified atom stereocenters. The average Bonchev–Trinajstić information content (AvgIpc) is 2.77. The van der Waals surface area contributed by atoms with Crippen LogP contribution in [0.5, 0.6) is 0 Å². The molecule has 0 spiro atoms. The average molecular weight is 375 g/mol. The first-order valence-electron chi connectivity index (χ1n) is 8.85. The molecule has 0 aromatic heterocycles. The lowest BCUT2D eigenvalue weighted by molar-refractivity contribution is -0.123. The van der Waals surface area contributed by atoms with Gasteiger partial charge in [0.15, 0.2) is 0 Å². The molecule has 0 saturated carbocycles. The van der Waals surface area contributed by atoms with Crippen LogP contribution in [0.4, 0.5) is 4.79 Å². The number of hydroxylamine groups is 1. The molecule has 142 valence electrons. The summed E-state index contributed by atoms with van der Waals surface area (Å²) in [4.78, 5) is 24.8. The molecule has 0 aliphatic carbocycles. The molecule has 4 N–H and O–H groups in total. The van der Waals surface area contributed by atoms with E-state index >= 15 is 0 Å². The zero-order valence-corrected chi connectivity index (χ0v) is 15.1. The topological polar surface area (TPSA) is 90.5 Å². The summed E-state index contributed by atoms with van der Waals surface area (Å²) in [6.07, 6.45) is 0. The van der Waals surface area contributed by atoms with Gasteiger partial charge in [0, 0.05) is 0 Å². The van der Waals surface area contributed by atoms with Gasteiger partial charge in [-0.1, -0.05) is 91.0 Å². The summed E-state index contributed by atoms with van der Waals surface area (Å²) in [5, 5.41) is 14.4. The van der Waals surface area contributed by atoms with E-state index in [1.165, 1.54) is 5.48 Å². The van der Waals surface area contributed by atoms with Gasteiger partial charge in [-0.15, -0.1) is 0 Å². The lowest BCUT2D eigenvalue weighted by atomic mass is 9.97. The van der Waals surface area contributed by atoms with E-state index in [0.29, 0.717) is 5.56 Å². The van der Waals surface area contributed by atoms with Crippen LogP contribution in [0.15, 0.2) is 91.0 Å². The Bertz CT molecular complexity index is 863. The molecular formula is C22H21N3O3. The predicted octanol–water partition coefficient (Wildman–Crippen LogP) is 3.32. The summed E-state index contributed by atoms with van der Waals surface area (Å²) >= 11 is 0. The number of carbonyl (C=O) groups excluding carboxylic acids is 2. The maximum atomic E-state index is 13.1. The van der Waals surface area contributed by atoms with Gasteiger partial charge in [0.05, 0.1) is 6.04 Å². The zero-order valence-electron chi connectivity index (χ0n) is 15.1. The summed E-state index contributed by atoms with van der Waals surface area (Å²) in [6.45, 7) is 0. The lowest BCUT2D eigenvalue weighted by Gasteiger charge is -2.24. The van der Waals surface area contributed by atoms with Crippen LogP contribution in [-0.4, -0.2) is 17.1 Å². The fourth-order valence-electron chi connectivity index (χ4n) is 2.98. The molecule has 0 heterocycles. The summed E-state index contributed by atoms with van der Waals surface area (Å²) in [7, 11) is 0. The SMILES string of the molecule is O=C(NO)N[C@@H](C(=O)NC(c1ccccc1)c1ccccc1)c1ccccc1. The summed E-state index contributed by atoms with van der Waals surface area (Å²) in [5.74, 6) is -0.396. The fraction of sp³-hybridized carbons (Fsp3) is 0.0909. The van der Waals surface area contributed by atoms with E-state index in [-0.39, 0.29) is 6.04 Å². The van der Waals surface area contributed by atoms with E-state index in [1.807, 2.05) is 66.7 Å². The van der Waals surface area contributed by atoms with Gasteiger partial charge in [-0.25, -0.2) is 10.3 Å². The Morgan fingerprint density at radius 1 is 0.643 bits per heavy atom. The Morgan fingerprint density at radius 3 is 1.50 bits per heavy atom. The quantitative estimate of drug-likeness (QED) is 0.393. The van der Waals surface area contributed by atoms with Gasteiger partial charge in [-0.05, 0) is 16.7 Å². The van der Waals surface area contributed by atoms with E-state index in [4.69, 9.17) is 5.21 Å². The number of carbonyl (C=O) groups is 2. The monoisotopic (exact) mass is 375 g/mol. The second-order valence-corrected chi connectivity index (χ2v) is 6.19. The number of benzene rings is 3. The molecule has 3 aromatic carbocycles. The van der Waals surface area contributed by atoms with Crippen molar-refractivity contribution in [1.29, 1.82) is 0 Å². The summed E-state index contributed by atoms with van der Waals surface area (Å²) in [5.41, 5.74) is 3.94. The van der Waals surface area contributed by atoms with Crippen molar-refractivity contribution in [2.45, 2.75) is 12.1 Å². The van der Waals surface area contributed by atoms with E-state index in [2.05, 4.69) is 10.6 Å². The van der Waals surface area contributed by atoms with Gasteiger partial charge in [-0.3, -0.25) is 10.0 Å². The highest BCUT2D eigenvalue weighted by Crippen LogP contribution is 2.23. The fourth-order valence-corrected chi connectivity index (χ4v) is 2.98. The van der Waals surface area contributed by atoms with E-state index in [0.717, 1.165) is 11.1 Å². The molecule has 0 bridgehead atoms. The smallest absolute Gasteiger partial charge is 0.339 e. The van der Waals surface area contributed by atoms with Crippen molar-refractivity contribution in [2.24, 2.45) is 0 Å². The molecule has 28 heavy (non-hydrogen) atoms. The van der Waals surface area contributed by atoms with Gasteiger partial charge >= 0.3 is 6.03 Å². The van der Waals surface area contributed by atoms with Crippen molar-refractivity contribution in [1.82, 2.24) is 16.1 Å². The molecule has 3 rings (SSSR count). The van der Waals surface area contributed by atoms with Crippen LogP contribution in [0.3, 0.4) is 0 Å². The Balaban J connectivity index is 1.91. The minimum absolute atomic E-state index is 0.389. The molecule has 3 aromatic rings. The van der Waals surface area contributed by atoms with Crippen molar-refractivity contribution >= 4 is 11.9 Å². The number of urea groups is 1. The molecule has 6 nitrogen and oxygen atoms in total. The first-order valence-corrected chi connectivity index (χ1v) is 8.85. The van der Waals surface area contributed by atoms with Gasteiger partial charge in [0.2, 0.25) is 5.91 Å². The third kappa shape index (κ3) is 4.75. The minimum Gasteiger partial charge on any atom is -0.343 e. The highest BCUT2D eigenvalue weighted by Gasteiger charge is 2.26. The van der Waals surface area contributed by atoms with Crippen LogP contribution < -0.4 is 16.1 Å². The summed E-state index contributed by atoms with van der Waals surface area (Å²) in [6, 6.07) is 25.8. The second kappa shape index (κ2) is 9.34. The molecule has 0 radical (unpaired) electrons. The van der Waals surface area contributed by atoms with Gasteiger partial charge in [0.25, 0.3) is 0 Å². The largest absolute Gasteiger partial charge is 0.343 e. The first kappa shape index (κ1) is 19.1. The van der Waals surface area contributed by atoms with Crippen LogP contribution in [0.25, 0.3) is 0 Å². The third-order valence-corrected chi connectivity index (χ3v) is 4.32. The maximum absolute atomic E-state index is 13.1. The highest BCUT2D eigenvalue weighted by atomic mass is 16.5. The van der Waals surface area contributed by atoms with Gasteiger partial charge in [0.1, 0.15) is 6.04 Å². The minimum atomic E-state index is -0.969. The van der Waals surface area contributed by atoms with Crippen LogP contribution >= 0.6 is 0 Å². The molecule has 0 aliphatic heterocycles. The number of rotatable bonds is 6. The molecule has 0 fully saturated rings. The van der Waals surface area contributed by atoms with Crippen molar-refractivity contribution in [2.75, 3.05) is 0 Å². The number of hydrogen-bond acceptors (Lipinski definition) is 3. The number of nitrogens with one attached hydrogen (secondary N) is 3. The van der Waals surface area contributed by atoms with Gasteiger partial charge < -0.3 is 10.6 Å². The lowest BCUT2D eigenvalue weighted by Crippen LogP contribution is -2.44. The number of amides is 3. The molecule has 1 atom stereocenters.